The van der Waals surface area contributed by atoms with Crippen molar-refractivity contribution in [2.75, 3.05) is 13.2 Å². The summed E-state index contributed by atoms with van der Waals surface area (Å²) in [6.07, 6.45) is 0. The number of benzene rings is 2. The van der Waals surface area contributed by atoms with Crippen LogP contribution in [0.1, 0.15) is 42.7 Å². The molecule has 1 amide bonds. The first-order valence-electron chi connectivity index (χ1n) is 8.81. The molecule has 0 bridgehead atoms. The molecular formula is C20H26NO4P. The largest absolute Gasteiger partial charge is 0.344 e. The Morgan fingerprint density at radius 1 is 0.962 bits per heavy atom. The molecule has 0 saturated heterocycles. The van der Waals surface area contributed by atoms with Gasteiger partial charge in [0.2, 0.25) is 0 Å². The minimum Gasteiger partial charge on any atom is -0.344 e. The van der Waals surface area contributed by atoms with Crippen LogP contribution >= 0.6 is 7.60 Å². The normalized spacial score (nSPS) is 13.8. The maximum Gasteiger partial charge on any atom is 0.335 e. The fraction of sp³-hybridized carbons (Fsp3) is 0.350. The summed E-state index contributed by atoms with van der Waals surface area (Å²) < 4.78 is 24.3. The smallest absolute Gasteiger partial charge is 0.335 e. The van der Waals surface area contributed by atoms with Crippen molar-refractivity contribution in [2.24, 2.45) is 0 Å². The van der Waals surface area contributed by atoms with Crippen LogP contribution in [0.5, 0.6) is 0 Å². The van der Waals surface area contributed by atoms with E-state index in [1.165, 1.54) is 0 Å². The Hall–Kier alpha value is -1.94. The van der Waals surface area contributed by atoms with Gasteiger partial charge in [-0.2, -0.15) is 0 Å². The van der Waals surface area contributed by atoms with Gasteiger partial charge in [-0.05, 0) is 38.5 Å². The van der Waals surface area contributed by atoms with Gasteiger partial charge in [-0.3, -0.25) is 9.36 Å². The van der Waals surface area contributed by atoms with Gasteiger partial charge in [0.25, 0.3) is 5.91 Å². The number of hydrogen-bond acceptors (Lipinski definition) is 4. The summed E-state index contributed by atoms with van der Waals surface area (Å²) >= 11 is 0. The number of carbonyl (C=O) groups excluding carboxylic acids is 1. The lowest BCUT2D eigenvalue weighted by Gasteiger charge is -2.31. The van der Waals surface area contributed by atoms with E-state index >= 15 is 0 Å². The zero-order chi connectivity index (χ0) is 19.0. The van der Waals surface area contributed by atoms with Crippen molar-refractivity contribution in [3.63, 3.8) is 0 Å². The lowest BCUT2D eigenvalue weighted by molar-refractivity contribution is 0.0933. The molecule has 0 aliphatic carbocycles. The molecule has 2 aromatic carbocycles. The maximum absolute atomic E-state index is 13.3. The van der Waals surface area contributed by atoms with Crippen LogP contribution in [0, 0.1) is 0 Å². The Bertz CT molecular complexity index is 726. The lowest BCUT2D eigenvalue weighted by Crippen LogP contribution is -2.35. The van der Waals surface area contributed by atoms with Gasteiger partial charge in [0.15, 0.2) is 0 Å². The van der Waals surface area contributed by atoms with E-state index in [9.17, 15) is 9.36 Å². The number of nitrogens with one attached hydrogen (secondary N) is 1. The van der Waals surface area contributed by atoms with Crippen molar-refractivity contribution in [1.29, 1.82) is 0 Å². The highest BCUT2D eigenvalue weighted by atomic mass is 31.2. The molecule has 1 N–H and O–H groups in total. The second-order valence-corrected chi connectivity index (χ2v) is 8.25. The molecule has 5 nitrogen and oxygen atoms in total. The van der Waals surface area contributed by atoms with Gasteiger partial charge in [-0.1, -0.05) is 48.5 Å². The monoisotopic (exact) mass is 375 g/mol. The second-order valence-electron chi connectivity index (χ2n) is 5.84. The maximum atomic E-state index is 13.3. The van der Waals surface area contributed by atoms with E-state index in [-0.39, 0.29) is 19.1 Å². The van der Waals surface area contributed by atoms with Crippen LogP contribution < -0.4 is 5.32 Å². The molecule has 0 unspecified atom stereocenters. The predicted molar refractivity (Wildman–Crippen MR) is 103 cm³/mol. The van der Waals surface area contributed by atoms with Gasteiger partial charge in [-0.25, -0.2) is 0 Å². The van der Waals surface area contributed by atoms with Gasteiger partial charge in [0.05, 0.1) is 24.9 Å². The molecule has 0 radical (unpaired) electrons. The lowest BCUT2D eigenvalue weighted by atomic mass is 10.0. The van der Waals surface area contributed by atoms with Crippen LogP contribution in [0.15, 0.2) is 60.7 Å². The van der Waals surface area contributed by atoms with Crippen LogP contribution in [0.2, 0.25) is 0 Å². The minimum absolute atomic E-state index is 0.231. The summed E-state index contributed by atoms with van der Waals surface area (Å²) in [6, 6.07) is 17.9. The van der Waals surface area contributed by atoms with Crippen LogP contribution in [0.25, 0.3) is 0 Å². The average Bonchev–Trinajstić information content (AvgIpc) is 2.67. The van der Waals surface area contributed by atoms with Crippen molar-refractivity contribution in [3.8, 4) is 0 Å². The average molecular weight is 375 g/mol. The number of amides is 1. The Labute approximate surface area is 155 Å². The third-order valence-corrected chi connectivity index (χ3v) is 6.61. The van der Waals surface area contributed by atoms with E-state index < -0.39 is 19.3 Å². The molecule has 6 heteroatoms. The summed E-state index contributed by atoms with van der Waals surface area (Å²) in [5.74, 6) is -0.231. The fourth-order valence-corrected chi connectivity index (χ4v) is 4.65. The minimum atomic E-state index is -3.39. The summed E-state index contributed by atoms with van der Waals surface area (Å²) in [5.41, 5.74) is 0.852. The van der Waals surface area contributed by atoms with Crippen molar-refractivity contribution >= 4 is 13.5 Å². The summed E-state index contributed by atoms with van der Waals surface area (Å²) in [4.78, 5) is 12.7. The van der Waals surface area contributed by atoms with Crippen LogP contribution in [-0.2, 0) is 13.6 Å². The molecule has 2 rings (SSSR count). The first-order chi connectivity index (χ1) is 12.5. The first kappa shape index (κ1) is 20.4. The van der Waals surface area contributed by atoms with Crippen molar-refractivity contribution in [3.05, 3.63) is 71.8 Å². The highest BCUT2D eigenvalue weighted by molar-refractivity contribution is 7.54. The Morgan fingerprint density at radius 2 is 1.46 bits per heavy atom. The number of hydrogen-bond donors (Lipinski definition) is 1. The quantitative estimate of drug-likeness (QED) is 0.639. The van der Waals surface area contributed by atoms with Crippen LogP contribution in [0.4, 0.5) is 0 Å². The van der Waals surface area contributed by atoms with Crippen molar-refractivity contribution < 1.29 is 18.4 Å². The topological polar surface area (TPSA) is 64.6 Å². The third-order valence-electron chi connectivity index (χ3n) is 4.08. The highest BCUT2D eigenvalue weighted by Gasteiger charge is 2.39. The third kappa shape index (κ3) is 5.04. The molecule has 0 saturated carbocycles. The predicted octanol–water partition coefficient (Wildman–Crippen LogP) is 4.81. The zero-order valence-electron chi connectivity index (χ0n) is 15.4. The van der Waals surface area contributed by atoms with E-state index in [2.05, 4.69) is 5.32 Å². The molecule has 0 aromatic heterocycles. The Kier molecular flexibility index (Phi) is 7.58. The SMILES string of the molecule is CCOP(=O)(OCC)[C@@H](C)[C@H](NC(=O)c1ccccc1)c1ccccc1. The second kappa shape index (κ2) is 9.67. The molecule has 140 valence electrons. The molecule has 0 fully saturated rings. The summed E-state index contributed by atoms with van der Waals surface area (Å²) in [5, 5.41) is 3.00. The van der Waals surface area contributed by atoms with Gasteiger partial charge in [-0.15, -0.1) is 0 Å². The van der Waals surface area contributed by atoms with Crippen molar-refractivity contribution in [1.82, 2.24) is 5.32 Å². The molecule has 0 heterocycles. The molecule has 0 spiro atoms. The van der Waals surface area contributed by atoms with Crippen molar-refractivity contribution in [2.45, 2.75) is 32.5 Å². The Morgan fingerprint density at radius 3 is 1.96 bits per heavy atom. The zero-order valence-corrected chi connectivity index (χ0v) is 16.3. The van der Waals surface area contributed by atoms with E-state index in [1.54, 1.807) is 45.0 Å². The van der Waals surface area contributed by atoms with E-state index in [4.69, 9.17) is 9.05 Å². The van der Waals surface area contributed by atoms with Gasteiger partial charge in [0.1, 0.15) is 0 Å². The summed E-state index contributed by atoms with van der Waals surface area (Å²) in [7, 11) is -3.39. The molecule has 2 aromatic rings. The van der Waals surface area contributed by atoms with Crippen LogP contribution in [-0.4, -0.2) is 24.8 Å². The Balaban J connectivity index is 2.35. The molecule has 0 aliphatic heterocycles. The molecule has 26 heavy (non-hydrogen) atoms. The number of rotatable bonds is 9. The van der Waals surface area contributed by atoms with E-state index in [0.29, 0.717) is 5.56 Å². The molecule has 2 atom stereocenters. The van der Waals surface area contributed by atoms with Crippen LogP contribution in [0.3, 0.4) is 0 Å². The molecular weight excluding hydrogens is 349 g/mol. The number of carbonyl (C=O) groups is 1. The van der Waals surface area contributed by atoms with E-state index in [0.717, 1.165) is 5.56 Å². The summed E-state index contributed by atoms with van der Waals surface area (Å²) in [6.45, 7) is 5.89. The van der Waals surface area contributed by atoms with E-state index in [1.807, 2.05) is 36.4 Å². The first-order valence-corrected chi connectivity index (χ1v) is 10.4. The van der Waals surface area contributed by atoms with Gasteiger partial charge in [0, 0.05) is 5.56 Å². The van der Waals surface area contributed by atoms with Gasteiger partial charge < -0.3 is 14.4 Å². The standard InChI is InChI=1S/C20H26NO4P/c1-4-24-26(23,25-5-2)16(3)19(17-12-8-6-9-13-17)21-20(22)18-14-10-7-11-15-18/h6-16,19H,4-5H2,1-3H3,(H,21,22)/t16-,19-/m0/s1. The molecule has 0 aliphatic rings. The van der Waals surface area contributed by atoms with Gasteiger partial charge >= 0.3 is 7.60 Å². The fourth-order valence-electron chi connectivity index (χ4n) is 2.77. The highest BCUT2D eigenvalue weighted by Crippen LogP contribution is 2.56.